The van der Waals surface area contributed by atoms with Crippen molar-refractivity contribution in [2.75, 3.05) is 6.61 Å². The SMILES string of the molecule is CCOC(=O)c1c2c(n(Cc3ccccc3)c1-c1ccccc1)Oc1ccccc1N=C2. The number of rotatable bonds is 5. The second-order valence-corrected chi connectivity index (χ2v) is 7.43. The Morgan fingerprint density at radius 1 is 0.938 bits per heavy atom. The lowest BCUT2D eigenvalue weighted by Crippen LogP contribution is -2.09. The Balaban J connectivity index is 1.79. The second kappa shape index (κ2) is 8.55. The molecule has 0 amide bonds. The zero-order valence-electron chi connectivity index (χ0n) is 17.7. The zero-order valence-corrected chi connectivity index (χ0v) is 17.7. The molecule has 0 bridgehead atoms. The van der Waals surface area contributed by atoms with E-state index in [2.05, 4.69) is 17.1 Å². The normalized spacial score (nSPS) is 11.8. The highest BCUT2D eigenvalue weighted by Crippen LogP contribution is 2.43. The maximum absolute atomic E-state index is 13.2. The quantitative estimate of drug-likeness (QED) is 0.315. The van der Waals surface area contributed by atoms with E-state index in [4.69, 9.17) is 9.47 Å². The first-order chi connectivity index (χ1) is 15.8. The summed E-state index contributed by atoms with van der Waals surface area (Å²) >= 11 is 0. The smallest absolute Gasteiger partial charge is 0.341 e. The summed E-state index contributed by atoms with van der Waals surface area (Å²) in [7, 11) is 0. The highest BCUT2D eigenvalue weighted by molar-refractivity contribution is 6.07. The third-order valence-corrected chi connectivity index (χ3v) is 5.37. The van der Waals surface area contributed by atoms with E-state index >= 15 is 0 Å². The molecule has 0 N–H and O–H groups in total. The molecule has 0 fully saturated rings. The van der Waals surface area contributed by atoms with Gasteiger partial charge in [0.1, 0.15) is 5.69 Å². The van der Waals surface area contributed by atoms with Gasteiger partial charge in [-0.2, -0.15) is 0 Å². The first-order valence-corrected chi connectivity index (χ1v) is 10.6. The summed E-state index contributed by atoms with van der Waals surface area (Å²) in [6.07, 6.45) is 1.71. The van der Waals surface area contributed by atoms with E-state index < -0.39 is 5.97 Å². The molecule has 3 aromatic carbocycles. The van der Waals surface area contributed by atoms with E-state index in [-0.39, 0.29) is 6.61 Å². The van der Waals surface area contributed by atoms with Crippen LogP contribution in [0.25, 0.3) is 11.3 Å². The monoisotopic (exact) mass is 422 g/mol. The lowest BCUT2D eigenvalue weighted by atomic mass is 10.0. The molecule has 0 saturated carbocycles. The third kappa shape index (κ3) is 3.58. The van der Waals surface area contributed by atoms with Crippen LogP contribution < -0.4 is 4.74 Å². The largest absolute Gasteiger partial charge is 0.462 e. The van der Waals surface area contributed by atoms with Crippen molar-refractivity contribution in [1.29, 1.82) is 0 Å². The number of carbonyl (C=O) groups is 1. The molecular formula is C27H22N2O3. The van der Waals surface area contributed by atoms with Crippen LogP contribution in [0.15, 0.2) is 89.9 Å². The summed E-state index contributed by atoms with van der Waals surface area (Å²) in [6, 6.07) is 27.6. The van der Waals surface area contributed by atoms with Crippen molar-refractivity contribution in [1.82, 2.24) is 4.57 Å². The average Bonchev–Trinajstić information content (AvgIpc) is 2.99. The van der Waals surface area contributed by atoms with E-state index in [1.54, 1.807) is 13.1 Å². The van der Waals surface area contributed by atoms with Crippen LogP contribution in [-0.4, -0.2) is 23.4 Å². The number of fused-ring (bicyclic) bond motifs is 2. The first-order valence-electron chi connectivity index (χ1n) is 10.6. The molecule has 1 aromatic heterocycles. The lowest BCUT2D eigenvalue weighted by molar-refractivity contribution is 0.0527. The zero-order chi connectivity index (χ0) is 21.9. The Kier molecular flexibility index (Phi) is 5.30. The van der Waals surface area contributed by atoms with Crippen molar-refractivity contribution in [3.63, 3.8) is 0 Å². The minimum Gasteiger partial charge on any atom is -0.462 e. The molecule has 158 valence electrons. The number of para-hydroxylation sites is 2. The predicted octanol–water partition coefficient (Wildman–Crippen LogP) is 6.24. The maximum Gasteiger partial charge on any atom is 0.341 e. The number of nitrogens with zero attached hydrogens (tertiary/aromatic N) is 2. The molecule has 1 aliphatic rings. The molecule has 0 spiro atoms. The van der Waals surface area contributed by atoms with Gasteiger partial charge in [0.05, 0.1) is 30.0 Å². The molecule has 2 heterocycles. The van der Waals surface area contributed by atoms with Gasteiger partial charge >= 0.3 is 5.97 Å². The van der Waals surface area contributed by atoms with Gasteiger partial charge in [-0.05, 0) is 30.2 Å². The fourth-order valence-corrected chi connectivity index (χ4v) is 3.96. The highest BCUT2D eigenvalue weighted by Gasteiger charge is 2.31. The third-order valence-electron chi connectivity index (χ3n) is 5.37. The van der Waals surface area contributed by atoms with Crippen molar-refractivity contribution < 1.29 is 14.3 Å². The minimum atomic E-state index is -0.393. The molecule has 4 aromatic rings. The van der Waals surface area contributed by atoms with Gasteiger partial charge in [0.2, 0.25) is 5.88 Å². The van der Waals surface area contributed by atoms with Gasteiger partial charge < -0.3 is 14.0 Å². The van der Waals surface area contributed by atoms with Crippen molar-refractivity contribution in [2.45, 2.75) is 13.5 Å². The number of carbonyl (C=O) groups excluding carboxylic acids is 1. The van der Waals surface area contributed by atoms with Crippen molar-refractivity contribution in [3.8, 4) is 22.9 Å². The summed E-state index contributed by atoms with van der Waals surface area (Å²) in [5.74, 6) is 0.823. The molecule has 0 aliphatic carbocycles. The lowest BCUT2D eigenvalue weighted by Gasteiger charge is -2.15. The van der Waals surface area contributed by atoms with Gasteiger partial charge in [-0.15, -0.1) is 0 Å². The number of hydrogen-bond acceptors (Lipinski definition) is 4. The van der Waals surface area contributed by atoms with Crippen LogP contribution in [0, 0.1) is 0 Å². The number of aliphatic imine (C=N–C) groups is 1. The van der Waals surface area contributed by atoms with Crippen LogP contribution in [0.2, 0.25) is 0 Å². The van der Waals surface area contributed by atoms with Crippen LogP contribution >= 0.6 is 0 Å². The van der Waals surface area contributed by atoms with Gasteiger partial charge in [-0.1, -0.05) is 72.8 Å². The Bertz CT molecular complexity index is 1290. The molecule has 0 unspecified atom stereocenters. The summed E-state index contributed by atoms with van der Waals surface area (Å²) in [4.78, 5) is 17.8. The van der Waals surface area contributed by atoms with Crippen LogP contribution in [0.5, 0.6) is 11.6 Å². The van der Waals surface area contributed by atoms with Gasteiger partial charge in [-0.3, -0.25) is 4.99 Å². The number of esters is 1. The Labute approximate surface area is 186 Å². The predicted molar refractivity (Wildman–Crippen MR) is 125 cm³/mol. The fraction of sp³-hybridized carbons (Fsp3) is 0.111. The molecule has 0 atom stereocenters. The first kappa shape index (κ1) is 19.8. The van der Waals surface area contributed by atoms with Gasteiger partial charge in [-0.25, -0.2) is 4.79 Å². The fourth-order valence-electron chi connectivity index (χ4n) is 3.96. The van der Waals surface area contributed by atoms with E-state index in [1.807, 2.05) is 77.4 Å². The van der Waals surface area contributed by atoms with Gasteiger partial charge in [0.25, 0.3) is 0 Å². The Morgan fingerprint density at radius 3 is 2.38 bits per heavy atom. The van der Waals surface area contributed by atoms with Crippen LogP contribution in [0.4, 0.5) is 5.69 Å². The van der Waals surface area contributed by atoms with Crippen LogP contribution in [0.1, 0.15) is 28.4 Å². The summed E-state index contributed by atoms with van der Waals surface area (Å²) in [6.45, 7) is 2.62. The van der Waals surface area contributed by atoms with Crippen LogP contribution in [-0.2, 0) is 11.3 Å². The molecule has 32 heavy (non-hydrogen) atoms. The van der Waals surface area contributed by atoms with Crippen LogP contribution in [0.3, 0.4) is 0 Å². The number of ether oxygens (including phenoxy) is 2. The molecule has 5 nitrogen and oxygen atoms in total. The number of aromatic nitrogens is 1. The van der Waals surface area contributed by atoms with Crippen molar-refractivity contribution in [3.05, 3.63) is 102 Å². The van der Waals surface area contributed by atoms with Gasteiger partial charge in [0.15, 0.2) is 5.75 Å². The molecule has 0 radical (unpaired) electrons. The molecular weight excluding hydrogens is 400 g/mol. The van der Waals surface area contributed by atoms with E-state index in [9.17, 15) is 4.79 Å². The van der Waals surface area contributed by atoms with Crippen molar-refractivity contribution >= 4 is 17.9 Å². The maximum atomic E-state index is 13.2. The van der Waals surface area contributed by atoms with Gasteiger partial charge in [0, 0.05) is 6.21 Å². The molecule has 5 rings (SSSR count). The topological polar surface area (TPSA) is 52.8 Å². The number of hydrogen-bond donors (Lipinski definition) is 0. The van der Waals surface area contributed by atoms with E-state index in [0.717, 1.165) is 16.8 Å². The highest BCUT2D eigenvalue weighted by atomic mass is 16.5. The molecule has 5 heteroatoms. The summed E-state index contributed by atoms with van der Waals surface area (Å²) < 4.78 is 13.9. The second-order valence-electron chi connectivity index (χ2n) is 7.43. The Hall–Kier alpha value is -4.12. The summed E-state index contributed by atoms with van der Waals surface area (Å²) in [5.41, 5.74) is 4.55. The average molecular weight is 422 g/mol. The molecule has 1 aliphatic heterocycles. The molecule has 0 saturated heterocycles. The van der Waals surface area contributed by atoms with E-state index in [1.165, 1.54) is 0 Å². The standard InChI is InChI=1S/C27H22N2O3/c1-2-31-27(30)24-21-17-28-22-15-9-10-16-23(22)32-26(21)29(18-19-11-5-3-6-12-19)25(24)20-13-7-4-8-14-20/h3-17H,2,18H2,1H3. The Morgan fingerprint density at radius 2 is 1.62 bits per heavy atom. The number of benzene rings is 3. The summed E-state index contributed by atoms with van der Waals surface area (Å²) in [5, 5.41) is 0. The van der Waals surface area contributed by atoms with Crippen molar-refractivity contribution in [2.24, 2.45) is 4.99 Å². The van der Waals surface area contributed by atoms with E-state index in [0.29, 0.717) is 35.0 Å². The minimum absolute atomic E-state index is 0.282.